The van der Waals surface area contributed by atoms with Crippen molar-refractivity contribution in [1.82, 2.24) is 0 Å². The van der Waals surface area contributed by atoms with Crippen LogP contribution in [0.2, 0.25) is 0 Å². The highest BCUT2D eigenvalue weighted by atomic mass is 32.1. The van der Waals surface area contributed by atoms with Gasteiger partial charge in [-0.25, -0.2) is 8.78 Å². The van der Waals surface area contributed by atoms with Gasteiger partial charge in [-0.2, -0.15) is 0 Å². The van der Waals surface area contributed by atoms with Crippen LogP contribution in [0.25, 0.3) is 0 Å². The van der Waals surface area contributed by atoms with Gasteiger partial charge in [0.2, 0.25) is 0 Å². The second kappa shape index (κ2) is 5.48. The number of benzene rings is 1. The van der Waals surface area contributed by atoms with E-state index in [1.807, 2.05) is 17.5 Å². The summed E-state index contributed by atoms with van der Waals surface area (Å²) in [6, 6.07) is 7.40. The number of halogens is 2. The third-order valence-electron chi connectivity index (χ3n) is 2.76. The Balaban J connectivity index is 2.27. The minimum absolute atomic E-state index is 0.0127. The molecule has 1 unspecified atom stereocenters. The summed E-state index contributed by atoms with van der Waals surface area (Å²) in [6.07, 6.45) is 0. The SMILES string of the molecule is CC(C)C(Nc1cc(F)ccc1F)c1cccs1. The normalized spacial score (nSPS) is 12.7. The van der Waals surface area contributed by atoms with Crippen molar-refractivity contribution in [3.8, 4) is 0 Å². The first kappa shape index (κ1) is 13.0. The summed E-state index contributed by atoms with van der Waals surface area (Å²) in [7, 11) is 0. The van der Waals surface area contributed by atoms with E-state index in [1.54, 1.807) is 11.3 Å². The van der Waals surface area contributed by atoms with E-state index in [9.17, 15) is 8.78 Å². The second-order valence-corrected chi connectivity index (χ2v) is 5.48. The van der Waals surface area contributed by atoms with Gasteiger partial charge in [0.25, 0.3) is 0 Å². The molecule has 2 rings (SSSR count). The highest BCUT2D eigenvalue weighted by Crippen LogP contribution is 2.30. The van der Waals surface area contributed by atoms with Crippen molar-refractivity contribution in [2.45, 2.75) is 19.9 Å². The Morgan fingerprint density at radius 1 is 1.17 bits per heavy atom. The topological polar surface area (TPSA) is 12.0 Å². The summed E-state index contributed by atoms with van der Waals surface area (Å²) in [4.78, 5) is 1.12. The van der Waals surface area contributed by atoms with E-state index < -0.39 is 11.6 Å². The van der Waals surface area contributed by atoms with Gasteiger partial charge in [0.05, 0.1) is 11.7 Å². The number of anilines is 1. The van der Waals surface area contributed by atoms with Crippen LogP contribution in [0.15, 0.2) is 35.7 Å². The van der Waals surface area contributed by atoms with Crippen molar-refractivity contribution in [3.05, 3.63) is 52.2 Å². The molecule has 96 valence electrons. The summed E-state index contributed by atoms with van der Waals surface area (Å²) in [6.45, 7) is 4.10. The Bertz CT molecular complexity index is 509. The molecule has 0 radical (unpaired) electrons. The molecule has 0 aliphatic carbocycles. The highest BCUT2D eigenvalue weighted by Gasteiger charge is 2.18. The second-order valence-electron chi connectivity index (χ2n) is 4.51. The number of rotatable bonds is 4. The van der Waals surface area contributed by atoms with Crippen molar-refractivity contribution in [3.63, 3.8) is 0 Å². The molecule has 2 aromatic rings. The lowest BCUT2D eigenvalue weighted by Crippen LogP contribution is -2.16. The predicted molar refractivity (Wildman–Crippen MR) is 71.9 cm³/mol. The fourth-order valence-corrected chi connectivity index (χ4v) is 2.76. The van der Waals surface area contributed by atoms with Gasteiger partial charge in [-0.1, -0.05) is 19.9 Å². The zero-order valence-electron chi connectivity index (χ0n) is 10.3. The molecule has 1 atom stereocenters. The van der Waals surface area contributed by atoms with Crippen molar-refractivity contribution in [1.29, 1.82) is 0 Å². The lowest BCUT2D eigenvalue weighted by Gasteiger charge is -2.22. The van der Waals surface area contributed by atoms with E-state index in [-0.39, 0.29) is 17.6 Å². The maximum absolute atomic E-state index is 13.6. The lowest BCUT2D eigenvalue weighted by molar-refractivity contribution is 0.543. The first-order chi connectivity index (χ1) is 8.58. The summed E-state index contributed by atoms with van der Waals surface area (Å²) >= 11 is 1.61. The largest absolute Gasteiger partial charge is 0.375 e. The number of hydrogen-bond donors (Lipinski definition) is 1. The van der Waals surface area contributed by atoms with Crippen molar-refractivity contribution < 1.29 is 8.78 Å². The van der Waals surface area contributed by atoms with Gasteiger partial charge in [-0.3, -0.25) is 0 Å². The number of thiophene rings is 1. The smallest absolute Gasteiger partial charge is 0.146 e. The highest BCUT2D eigenvalue weighted by molar-refractivity contribution is 7.10. The molecule has 0 spiro atoms. The van der Waals surface area contributed by atoms with Crippen LogP contribution in [0.1, 0.15) is 24.8 Å². The standard InChI is InChI=1S/C14H15F2NS/c1-9(2)14(13-4-3-7-18-13)17-12-8-10(15)5-6-11(12)16/h3-9,14,17H,1-2H3. The van der Waals surface area contributed by atoms with Gasteiger partial charge in [-0.15, -0.1) is 11.3 Å². The molecule has 1 N–H and O–H groups in total. The molecule has 0 saturated carbocycles. The monoisotopic (exact) mass is 267 g/mol. The minimum atomic E-state index is -0.437. The van der Waals surface area contributed by atoms with Crippen molar-refractivity contribution >= 4 is 17.0 Å². The average Bonchev–Trinajstić information content (AvgIpc) is 2.83. The molecular weight excluding hydrogens is 252 g/mol. The zero-order chi connectivity index (χ0) is 13.1. The molecule has 0 fully saturated rings. The predicted octanol–water partition coefficient (Wildman–Crippen LogP) is 4.84. The molecule has 0 aliphatic heterocycles. The van der Waals surface area contributed by atoms with Crippen LogP contribution in [0.4, 0.5) is 14.5 Å². The molecular formula is C14H15F2NS. The first-order valence-corrected chi connectivity index (χ1v) is 6.71. The maximum Gasteiger partial charge on any atom is 0.146 e. The summed E-state index contributed by atoms with van der Waals surface area (Å²) in [5.41, 5.74) is 0.210. The maximum atomic E-state index is 13.6. The van der Waals surface area contributed by atoms with Crippen LogP contribution in [-0.4, -0.2) is 0 Å². The third-order valence-corrected chi connectivity index (χ3v) is 3.71. The summed E-state index contributed by atoms with van der Waals surface area (Å²) < 4.78 is 26.7. The van der Waals surface area contributed by atoms with Gasteiger partial charge in [0.15, 0.2) is 0 Å². The van der Waals surface area contributed by atoms with Crippen molar-refractivity contribution in [2.24, 2.45) is 5.92 Å². The van der Waals surface area contributed by atoms with Crippen LogP contribution in [-0.2, 0) is 0 Å². The summed E-state index contributed by atoms with van der Waals surface area (Å²) in [5, 5.41) is 5.07. The van der Waals surface area contributed by atoms with Gasteiger partial charge in [0, 0.05) is 4.88 Å². The van der Waals surface area contributed by atoms with Crippen LogP contribution in [0.5, 0.6) is 0 Å². The Kier molecular flexibility index (Phi) is 3.97. The lowest BCUT2D eigenvalue weighted by atomic mass is 10.0. The summed E-state index contributed by atoms with van der Waals surface area (Å²) in [5.74, 6) is -0.586. The Morgan fingerprint density at radius 3 is 2.56 bits per heavy atom. The molecule has 1 aromatic heterocycles. The molecule has 4 heteroatoms. The van der Waals surface area contributed by atoms with Gasteiger partial charge >= 0.3 is 0 Å². The Hall–Kier alpha value is -1.42. The molecule has 18 heavy (non-hydrogen) atoms. The molecule has 0 amide bonds. The average molecular weight is 267 g/mol. The molecule has 0 saturated heterocycles. The van der Waals surface area contributed by atoms with Crippen molar-refractivity contribution in [2.75, 3.05) is 5.32 Å². The molecule has 0 bridgehead atoms. The van der Waals surface area contributed by atoms with E-state index in [0.717, 1.165) is 17.0 Å². The van der Waals surface area contributed by atoms with E-state index >= 15 is 0 Å². The quantitative estimate of drug-likeness (QED) is 0.836. The zero-order valence-corrected chi connectivity index (χ0v) is 11.1. The van der Waals surface area contributed by atoms with Gasteiger partial charge in [-0.05, 0) is 35.6 Å². The van der Waals surface area contributed by atoms with Crippen LogP contribution in [0, 0.1) is 17.6 Å². The molecule has 0 aliphatic rings. The Morgan fingerprint density at radius 2 is 1.94 bits per heavy atom. The Labute approximate surface area is 109 Å². The van der Waals surface area contributed by atoms with E-state index in [4.69, 9.17) is 0 Å². The van der Waals surface area contributed by atoms with Gasteiger partial charge in [0.1, 0.15) is 11.6 Å². The van der Waals surface area contributed by atoms with Crippen LogP contribution < -0.4 is 5.32 Å². The molecule has 1 nitrogen and oxygen atoms in total. The fraction of sp³-hybridized carbons (Fsp3) is 0.286. The van der Waals surface area contributed by atoms with E-state index in [1.165, 1.54) is 6.07 Å². The number of nitrogens with one attached hydrogen (secondary N) is 1. The molecule has 1 heterocycles. The van der Waals surface area contributed by atoms with Gasteiger partial charge < -0.3 is 5.32 Å². The van der Waals surface area contributed by atoms with Crippen LogP contribution in [0.3, 0.4) is 0 Å². The fourth-order valence-electron chi connectivity index (χ4n) is 1.81. The van der Waals surface area contributed by atoms with Crippen LogP contribution >= 0.6 is 11.3 Å². The first-order valence-electron chi connectivity index (χ1n) is 5.83. The van der Waals surface area contributed by atoms with E-state index in [2.05, 4.69) is 19.2 Å². The minimum Gasteiger partial charge on any atom is -0.375 e. The number of hydrogen-bond acceptors (Lipinski definition) is 2. The molecule has 1 aromatic carbocycles. The third kappa shape index (κ3) is 2.88. The van der Waals surface area contributed by atoms with E-state index in [0.29, 0.717) is 0 Å².